The molecule has 2 N–H and O–H groups in total. The first-order valence-corrected chi connectivity index (χ1v) is 8.14. The topological polar surface area (TPSA) is 62.7 Å². The van der Waals surface area contributed by atoms with Gasteiger partial charge in [-0.1, -0.05) is 36.5 Å². The van der Waals surface area contributed by atoms with E-state index in [1.54, 1.807) is 18.5 Å². The second-order valence-corrected chi connectivity index (χ2v) is 5.34. The van der Waals surface area contributed by atoms with Crippen LogP contribution in [0, 0.1) is 0 Å². The number of alkyl carbamates (subject to hydrolysis) is 1. The summed E-state index contributed by atoms with van der Waals surface area (Å²) in [4.78, 5) is 12.0. The van der Waals surface area contributed by atoms with Gasteiger partial charge in [-0.3, -0.25) is 10.7 Å². The lowest BCUT2D eigenvalue weighted by atomic mass is 10.3. The Morgan fingerprint density at radius 3 is 2.67 bits per heavy atom. The summed E-state index contributed by atoms with van der Waals surface area (Å²) in [5, 5.41) is 6.75. The van der Waals surface area contributed by atoms with Gasteiger partial charge in [0, 0.05) is 18.1 Å². The number of nitrogens with one attached hydrogen (secondary N) is 2. The van der Waals surface area contributed by atoms with E-state index in [1.165, 1.54) is 0 Å². The Bertz CT molecular complexity index is 604. The molecule has 1 fully saturated rings. The Balaban J connectivity index is 2.00. The minimum absolute atomic E-state index is 0.0483. The molecule has 1 heterocycles. The van der Waals surface area contributed by atoms with Gasteiger partial charge in [-0.2, -0.15) is 5.10 Å². The normalized spacial score (nSPS) is 18.6. The average Bonchev–Trinajstić information content (AvgIpc) is 3.06. The quantitative estimate of drug-likeness (QED) is 0.810. The number of ether oxygens (including phenoxy) is 1. The third kappa shape index (κ3) is 7.45. The monoisotopic (exact) mass is 325 g/mol. The molecule has 0 saturated heterocycles. The van der Waals surface area contributed by atoms with Gasteiger partial charge in [0.05, 0.1) is 0 Å². The van der Waals surface area contributed by atoms with Gasteiger partial charge in [-0.25, -0.2) is 4.79 Å². The zero-order valence-corrected chi connectivity index (χ0v) is 13.6. The molecule has 0 aromatic heterocycles. The Labute approximate surface area is 142 Å². The van der Waals surface area contributed by atoms with Crippen LogP contribution >= 0.6 is 0 Å². The number of amides is 1. The Kier molecular flexibility index (Phi) is 7.91. The molecule has 1 saturated carbocycles. The molecule has 24 heavy (non-hydrogen) atoms. The second-order valence-electron chi connectivity index (χ2n) is 5.34. The first kappa shape index (κ1) is 17.5. The summed E-state index contributed by atoms with van der Waals surface area (Å²) in [7, 11) is 0. The number of carbonyl (C=O) groups is 1. The molecule has 2 rings (SSSR count). The van der Waals surface area contributed by atoms with E-state index in [4.69, 9.17) is 4.74 Å². The maximum Gasteiger partial charge on any atom is 0.411 e. The zero-order chi connectivity index (χ0) is 16.9. The minimum atomic E-state index is -0.403. The lowest BCUT2D eigenvalue weighted by Crippen LogP contribution is -2.26. The van der Waals surface area contributed by atoms with Crippen LogP contribution in [0.2, 0.25) is 0 Å². The smallest absolute Gasteiger partial charge is 0.411 e. The first-order chi connectivity index (χ1) is 11.8. The third-order valence-electron chi connectivity index (χ3n) is 3.45. The highest BCUT2D eigenvalue weighted by atomic mass is 16.6. The van der Waals surface area contributed by atoms with Gasteiger partial charge in [0.15, 0.2) is 0 Å². The van der Waals surface area contributed by atoms with Crippen molar-refractivity contribution in [1.82, 2.24) is 10.7 Å². The fraction of sp³-hybridized carbons (Fsp3) is 0.263. The van der Waals surface area contributed by atoms with E-state index in [2.05, 4.69) is 15.8 Å². The van der Waals surface area contributed by atoms with Crippen molar-refractivity contribution in [3.63, 3.8) is 0 Å². The van der Waals surface area contributed by atoms with Crippen LogP contribution in [0.25, 0.3) is 0 Å². The zero-order valence-electron chi connectivity index (χ0n) is 13.6. The molecule has 2 aliphatic rings. The highest BCUT2D eigenvalue weighted by Gasteiger charge is 2.19. The molecular formula is C19H23N3O2. The fourth-order valence-corrected chi connectivity index (χ4v) is 2.30. The molecule has 0 radical (unpaired) electrons. The van der Waals surface area contributed by atoms with Crippen LogP contribution in [-0.2, 0) is 4.74 Å². The maximum absolute atomic E-state index is 12.0. The number of hydrogen-bond acceptors (Lipinski definition) is 4. The molecule has 0 bridgehead atoms. The van der Waals surface area contributed by atoms with E-state index in [0.29, 0.717) is 5.70 Å². The van der Waals surface area contributed by atoms with Gasteiger partial charge < -0.3 is 4.74 Å². The molecule has 1 aliphatic heterocycles. The summed E-state index contributed by atoms with van der Waals surface area (Å²) >= 11 is 0. The van der Waals surface area contributed by atoms with Crippen molar-refractivity contribution < 1.29 is 9.53 Å². The Morgan fingerprint density at radius 1 is 1.04 bits per heavy atom. The summed E-state index contributed by atoms with van der Waals surface area (Å²) in [5.41, 5.74) is 3.44. The van der Waals surface area contributed by atoms with E-state index in [0.717, 1.165) is 25.7 Å². The van der Waals surface area contributed by atoms with Crippen LogP contribution in [0.4, 0.5) is 4.79 Å². The predicted molar refractivity (Wildman–Crippen MR) is 97.3 cm³/mol. The maximum atomic E-state index is 12.0. The van der Waals surface area contributed by atoms with Gasteiger partial charge in [0.2, 0.25) is 0 Å². The first-order valence-electron chi connectivity index (χ1n) is 8.14. The van der Waals surface area contributed by atoms with Crippen LogP contribution in [0.1, 0.15) is 25.7 Å². The number of hydrazone groups is 1. The molecule has 5 nitrogen and oxygen atoms in total. The Hall–Kier alpha value is -2.82. The molecule has 0 atom stereocenters. The molecule has 0 aromatic rings. The van der Waals surface area contributed by atoms with Crippen LogP contribution in [-0.4, -0.2) is 18.4 Å². The van der Waals surface area contributed by atoms with E-state index in [9.17, 15) is 4.79 Å². The molecule has 1 aliphatic carbocycles. The molecule has 0 spiro atoms. The van der Waals surface area contributed by atoms with E-state index in [1.807, 2.05) is 54.7 Å². The van der Waals surface area contributed by atoms with Gasteiger partial charge >= 0.3 is 6.09 Å². The van der Waals surface area contributed by atoms with Gasteiger partial charge in [-0.05, 0) is 50.0 Å². The van der Waals surface area contributed by atoms with Crippen molar-refractivity contribution in [2.45, 2.75) is 31.8 Å². The molecule has 0 unspecified atom stereocenters. The molecule has 1 amide bonds. The molecule has 126 valence electrons. The van der Waals surface area contributed by atoms with Crippen molar-refractivity contribution >= 4 is 12.3 Å². The van der Waals surface area contributed by atoms with Crippen LogP contribution in [0.15, 0.2) is 77.8 Å². The van der Waals surface area contributed by atoms with Crippen molar-refractivity contribution in [1.29, 1.82) is 0 Å². The van der Waals surface area contributed by atoms with E-state index >= 15 is 0 Å². The fourth-order valence-electron chi connectivity index (χ4n) is 2.30. The van der Waals surface area contributed by atoms with Crippen molar-refractivity contribution in [2.75, 3.05) is 0 Å². The van der Waals surface area contributed by atoms with Crippen molar-refractivity contribution in [3.05, 3.63) is 72.7 Å². The van der Waals surface area contributed by atoms with Crippen LogP contribution < -0.4 is 10.7 Å². The summed E-state index contributed by atoms with van der Waals surface area (Å²) in [6.07, 6.45) is 25.6. The Morgan fingerprint density at radius 2 is 1.79 bits per heavy atom. The van der Waals surface area contributed by atoms with Gasteiger partial charge in [-0.15, -0.1) is 0 Å². The minimum Gasteiger partial charge on any atom is -0.446 e. The summed E-state index contributed by atoms with van der Waals surface area (Å²) in [6, 6.07) is 0. The van der Waals surface area contributed by atoms with Gasteiger partial charge in [0.1, 0.15) is 6.10 Å². The van der Waals surface area contributed by atoms with Crippen molar-refractivity contribution in [2.24, 2.45) is 5.10 Å². The predicted octanol–water partition coefficient (Wildman–Crippen LogP) is 3.87. The van der Waals surface area contributed by atoms with Crippen LogP contribution in [0.5, 0.6) is 0 Å². The number of allylic oxidation sites excluding steroid dienone is 10. The number of rotatable bonds is 2. The average molecular weight is 325 g/mol. The lowest BCUT2D eigenvalue weighted by Gasteiger charge is -2.12. The summed E-state index contributed by atoms with van der Waals surface area (Å²) in [5.74, 6) is 0. The summed E-state index contributed by atoms with van der Waals surface area (Å²) < 4.78 is 5.42. The van der Waals surface area contributed by atoms with E-state index < -0.39 is 6.09 Å². The third-order valence-corrected chi connectivity index (χ3v) is 3.45. The molecular weight excluding hydrogens is 302 g/mol. The number of carbonyl (C=O) groups excluding carboxylic acids is 1. The SMILES string of the molecule is O=C(NC1=CC=CC=CC=NNC=CC=CC=C1)OC1CCCC1. The van der Waals surface area contributed by atoms with E-state index in [-0.39, 0.29) is 6.10 Å². The van der Waals surface area contributed by atoms with Gasteiger partial charge in [0.25, 0.3) is 0 Å². The standard InChI is InChI=1S/C19H23N3O2/c23-19(24-18-13-7-8-14-18)22-17-11-5-1-3-9-15-20-21-16-10-4-2-6-12-17/h1-6,9-12,15-16,18,20H,7-8,13-14H2,(H,22,23). The van der Waals surface area contributed by atoms with Crippen LogP contribution in [0.3, 0.4) is 0 Å². The van der Waals surface area contributed by atoms with Crippen molar-refractivity contribution in [3.8, 4) is 0 Å². The molecule has 5 heteroatoms. The summed E-state index contributed by atoms with van der Waals surface area (Å²) in [6.45, 7) is 0. The largest absolute Gasteiger partial charge is 0.446 e. The number of hydrogen-bond donors (Lipinski definition) is 2. The molecule has 0 aromatic carbocycles. The lowest BCUT2D eigenvalue weighted by molar-refractivity contribution is 0.104. The highest BCUT2D eigenvalue weighted by molar-refractivity contribution is 5.71. The highest BCUT2D eigenvalue weighted by Crippen LogP contribution is 2.20. The second kappa shape index (κ2) is 10.8. The number of nitrogens with zero attached hydrogens (tertiary/aromatic N) is 1.